The molecule has 0 N–H and O–H groups in total. The van der Waals surface area contributed by atoms with Crippen molar-refractivity contribution in [1.29, 1.82) is 0 Å². The van der Waals surface area contributed by atoms with Gasteiger partial charge in [-0.3, -0.25) is 9.98 Å². The maximum Gasteiger partial charge on any atom is 0.117 e. The summed E-state index contributed by atoms with van der Waals surface area (Å²) in [6.07, 6.45) is 8.70. The molecule has 0 aromatic carbocycles. The van der Waals surface area contributed by atoms with Crippen molar-refractivity contribution in [1.82, 2.24) is 0 Å². The Bertz CT molecular complexity index is 307. The second kappa shape index (κ2) is 8.99. The van der Waals surface area contributed by atoms with Gasteiger partial charge in [0.15, 0.2) is 0 Å². The van der Waals surface area contributed by atoms with Crippen molar-refractivity contribution < 1.29 is 0 Å². The molecular weight excluding hydrogens is 215 g/mol. The van der Waals surface area contributed by atoms with Gasteiger partial charge in [-0.25, -0.2) is 0 Å². The summed E-state index contributed by atoms with van der Waals surface area (Å²) in [7, 11) is -1.54. The lowest BCUT2D eigenvalue weighted by molar-refractivity contribution is 1.23. The van der Waals surface area contributed by atoms with Crippen LogP contribution in [0.25, 0.3) is 0 Å². The fourth-order valence-electron chi connectivity index (χ4n) is 1.17. The van der Waals surface area contributed by atoms with Crippen molar-refractivity contribution >= 4 is 20.7 Å². The molecule has 0 rings (SSSR count). The summed E-state index contributed by atoms with van der Waals surface area (Å²) in [5.41, 5.74) is 0. The first kappa shape index (κ1) is 14.7. The number of hydrogen-bond acceptors (Lipinski definition) is 2. The van der Waals surface area contributed by atoms with Crippen LogP contribution in [-0.4, -0.2) is 13.4 Å². The number of aliphatic imine (C=N–C) groups is 2. The predicted octanol–water partition coefficient (Wildman–Crippen LogP) is 4.80. The molecule has 0 aromatic rings. The molecule has 0 fully saturated rings. The van der Waals surface area contributed by atoms with Gasteiger partial charge < -0.3 is 0 Å². The Kier molecular flexibility index (Phi) is 8.28. The van der Waals surface area contributed by atoms with Gasteiger partial charge in [-0.15, -0.1) is 0 Å². The molecule has 0 atom stereocenters. The largest absolute Gasteiger partial charge is 0.269 e. The van der Waals surface area contributed by atoms with Gasteiger partial charge in [-0.2, -0.15) is 0 Å². The van der Waals surface area contributed by atoms with Crippen molar-refractivity contribution in [2.75, 3.05) is 0 Å². The molecule has 0 aromatic heterocycles. The normalized spacial score (nSPS) is 16.4. The zero-order valence-electron chi connectivity index (χ0n) is 10.1. The predicted molar refractivity (Wildman–Crippen MR) is 78.5 cm³/mol. The topological polar surface area (TPSA) is 24.7 Å². The molecule has 86 valence electrons. The van der Waals surface area contributed by atoms with Crippen LogP contribution in [0.5, 0.6) is 0 Å². The summed E-state index contributed by atoms with van der Waals surface area (Å²) in [6, 6.07) is 0. The van der Waals surface area contributed by atoms with Crippen LogP contribution >= 0.6 is 7.26 Å². The standard InChI is InChI=1S/C13H20N2P/c1-5-7-11-16(10-6-2,12-8-14-3)13-9-15-4/h6-13H,3-5H2,1-2H3/q+1. The summed E-state index contributed by atoms with van der Waals surface area (Å²) < 4.78 is 0. The molecule has 2 nitrogen and oxygen atoms in total. The highest BCUT2D eigenvalue weighted by Crippen LogP contribution is 2.65. The minimum atomic E-state index is -1.54. The van der Waals surface area contributed by atoms with Crippen molar-refractivity contribution in [3.63, 3.8) is 0 Å². The summed E-state index contributed by atoms with van der Waals surface area (Å²) in [6.45, 7) is 11.0. The smallest absolute Gasteiger partial charge is 0.117 e. The van der Waals surface area contributed by atoms with E-state index in [-0.39, 0.29) is 0 Å². The van der Waals surface area contributed by atoms with Crippen LogP contribution in [0.3, 0.4) is 0 Å². The first-order valence-electron chi connectivity index (χ1n) is 5.21. The van der Waals surface area contributed by atoms with E-state index < -0.39 is 7.26 Å². The second-order valence-electron chi connectivity index (χ2n) is 3.13. The van der Waals surface area contributed by atoms with Gasteiger partial charge in [0, 0.05) is 0 Å². The Hall–Kier alpha value is -1.27. The molecule has 0 saturated heterocycles. The monoisotopic (exact) mass is 235 g/mol. The van der Waals surface area contributed by atoms with Crippen LogP contribution < -0.4 is 0 Å². The van der Waals surface area contributed by atoms with Crippen LogP contribution in [0.4, 0.5) is 0 Å². The number of allylic oxidation sites excluding steroid dienone is 2. The SMILES string of the molecule is C=NC=C[P+](C=CC)(C=CCC)C=CN=C. The summed E-state index contributed by atoms with van der Waals surface area (Å²) >= 11 is 0. The first-order valence-corrected chi connectivity index (χ1v) is 7.27. The van der Waals surface area contributed by atoms with E-state index in [0.717, 1.165) is 6.42 Å². The fourth-order valence-corrected chi connectivity index (χ4v) is 3.51. The van der Waals surface area contributed by atoms with E-state index in [0.29, 0.717) is 0 Å². The minimum absolute atomic E-state index is 1.02. The van der Waals surface area contributed by atoms with Crippen molar-refractivity contribution in [2.45, 2.75) is 20.3 Å². The summed E-state index contributed by atoms with van der Waals surface area (Å²) in [5.74, 6) is 8.56. The van der Waals surface area contributed by atoms with Gasteiger partial charge >= 0.3 is 0 Å². The van der Waals surface area contributed by atoms with E-state index >= 15 is 0 Å². The highest BCUT2D eigenvalue weighted by atomic mass is 31.2. The van der Waals surface area contributed by atoms with Crippen LogP contribution in [-0.2, 0) is 0 Å². The molecule has 16 heavy (non-hydrogen) atoms. The fraction of sp³-hybridized carbons (Fsp3) is 0.231. The average Bonchev–Trinajstić information content (AvgIpc) is 2.31. The number of rotatable bonds is 7. The molecule has 0 aliphatic carbocycles. The molecule has 0 saturated carbocycles. The molecule has 0 aliphatic rings. The Morgan fingerprint density at radius 2 is 1.56 bits per heavy atom. The molecule has 0 spiro atoms. The molecule has 3 heteroatoms. The quantitative estimate of drug-likeness (QED) is 0.447. The minimum Gasteiger partial charge on any atom is -0.269 e. The molecule has 0 aliphatic heterocycles. The first-order chi connectivity index (χ1) is 7.74. The van der Waals surface area contributed by atoms with Crippen molar-refractivity contribution in [2.24, 2.45) is 9.98 Å². The number of hydrogen-bond donors (Lipinski definition) is 0. The Morgan fingerprint density at radius 1 is 1.00 bits per heavy atom. The molecular formula is C13H20N2P+. The van der Waals surface area contributed by atoms with Crippen LogP contribution in [0.15, 0.2) is 57.8 Å². The molecule has 0 amide bonds. The zero-order chi connectivity index (χ0) is 12.3. The zero-order valence-corrected chi connectivity index (χ0v) is 11.0. The van der Waals surface area contributed by atoms with Crippen LogP contribution in [0, 0.1) is 0 Å². The van der Waals surface area contributed by atoms with Gasteiger partial charge in [-0.1, -0.05) is 13.0 Å². The van der Waals surface area contributed by atoms with E-state index in [1.54, 1.807) is 12.4 Å². The van der Waals surface area contributed by atoms with E-state index in [1.807, 2.05) is 6.92 Å². The maximum atomic E-state index is 3.77. The van der Waals surface area contributed by atoms with Gasteiger partial charge in [-0.05, 0) is 32.9 Å². The lowest BCUT2D eigenvalue weighted by Crippen LogP contribution is -1.76. The van der Waals surface area contributed by atoms with Gasteiger partial charge in [0.05, 0.1) is 35.7 Å². The molecule has 0 radical (unpaired) electrons. The Labute approximate surface area is 99.2 Å². The maximum absolute atomic E-state index is 3.77. The van der Waals surface area contributed by atoms with E-state index in [1.165, 1.54) is 0 Å². The highest BCUT2D eigenvalue weighted by Gasteiger charge is 2.25. The average molecular weight is 235 g/mol. The molecule has 0 bridgehead atoms. The number of nitrogens with zero attached hydrogens (tertiary/aromatic N) is 2. The van der Waals surface area contributed by atoms with E-state index in [9.17, 15) is 0 Å². The van der Waals surface area contributed by atoms with Gasteiger partial charge in [0.1, 0.15) is 7.26 Å². The Balaban J connectivity index is 5.26. The van der Waals surface area contributed by atoms with Crippen LogP contribution in [0.1, 0.15) is 20.3 Å². The molecule has 0 heterocycles. The third-order valence-corrected chi connectivity index (χ3v) is 4.71. The van der Waals surface area contributed by atoms with Gasteiger partial charge in [0.25, 0.3) is 0 Å². The lowest BCUT2D eigenvalue weighted by atomic mass is 10.5. The van der Waals surface area contributed by atoms with Crippen molar-refractivity contribution in [3.8, 4) is 0 Å². The Morgan fingerprint density at radius 3 is 1.94 bits per heavy atom. The third-order valence-electron chi connectivity index (χ3n) is 1.87. The van der Waals surface area contributed by atoms with E-state index in [4.69, 9.17) is 0 Å². The van der Waals surface area contributed by atoms with E-state index in [2.05, 4.69) is 65.8 Å². The summed E-state index contributed by atoms with van der Waals surface area (Å²) in [5, 5.41) is 0. The third kappa shape index (κ3) is 5.57. The lowest BCUT2D eigenvalue weighted by Gasteiger charge is -2.08. The van der Waals surface area contributed by atoms with Gasteiger partial charge in [0.2, 0.25) is 0 Å². The second-order valence-corrected chi connectivity index (χ2v) is 6.11. The van der Waals surface area contributed by atoms with Crippen LogP contribution in [0.2, 0.25) is 0 Å². The summed E-state index contributed by atoms with van der Waals surface area (Å²) in [4.78, 5) is 7.54. The molecule has 0 unspecified atom stereocenters. The highest BCUT2D eigenvalue weighted by molar-refractivity contribution is 7.87. The van der Waals surface area contributed by atoms with Crippen molar-refractivity contribution in [3.05, 3.63) is 47.8 Å².